The Bertz CT molecular complexity index is 1090. The highest BCUT2D eigenvalue weighted by Gasteiger charge is 2.22. The van der Waals surface area contributed by atoms with E-state index in [4.69, 9.17) is 21.1 Å². The molecule has 0 radical (unpaired) electrons. The van der Waals surface area contributed by atoms with E-state index in [2.05, 4.69) is 10.2 Å². The quantitative estimate of drug-likeness (QED) is 0.571. The average molecular weight is 445 g/mol. The van der Waals surface area contributed by atoms with E-state index < -0.39 is 5.97 Å². The lowest BCUT2D eigenvalue weighted by Crippen LogP contribution is -2.36. The van der Waals surface area contributed by atoms with Crippen LogP contribution >= 0.6 is 22.9 Å². The Morgan fingerprint density at radius 3 is 2.70 bits per heavy atom. The Morgan fingerprint density at radius 1 is 1.20 bits per heavy atom. The number of hydrogen-bond donors (Lipinski definition) is 1. The predicted octanol–water partition coefficient (Wildman–Crippen LogP) is 4.82. The molecule has 6 nitrogen and oxygen atoms in total. The number of hydrogen-bond acceptors (Lipinski definition) is 6. The number of esters is 1. The second kappa shape index (κ2) is 9.04. The highest BCUT2D eigenvalue weighted by atomic mass is 35.5. The minimum absolute atomic E-state index is 0.281. The van der Waals surface area contributed by atoms with Gasteiger partial charge in [0.15, 0.2) is 0 Å². The van der Waals surface area contributed by atoms with Crippen molar-refractivity contribution in [2.24, 2.45) is 0 Å². The Hall–Kier alpha value is -2.61. The van der Waals surface area contributed by atoms with Crippen molar-refractivity contribution in [3.63, 3.8) is 0 Å². The first-order valence-electron chi connectivity index (χ1n) is 9.70. The molecule has 3 aromatic rings. The van der Waals surface area contributed by atoms with Crippen molar-refractivity contribution in [3.05, 3.63) is 57.9 Å². The van der Waals surface area contributed by atoms with Gasteiger partial charge in [-0.2, -0.15) is 0 Å². The fourth-order valence-corrected chi connectivity index (χ4v) is 4.81. The van der Waals surface area contributed by atoms with Crippen LogP contribution in [0, 0.1) is 0 Å². The van der Waals surface area contributed by atoms with Crippen molar-refractivity contribution in [2.75, 3.05) is 43.1 Å². The maximum absolute atomic E-state index is 13.1. The van der Waals surface area contributed by atoms with Crippen LogP contribution in [0.3, 0.4) is 0 Å². The first-order chi connectivity index (χ1) is 14.6. The number of fused-ring (bicyclic) bond motifs is 1. The van der Waals surface area contributed by atoms with Crippen molar-refractivity contribution < 1.29 is 19.1 Å². The highest BCUT2D eigenvalue weighted by Crippen LogP contribution is 2.36. The van der Waals surface area contributed by atoms with Crippen LogP contribution in [0.15, 0.2) is 42.5 Å². The molecular formula is C22H21ClN2O4S. The van der Waals surface area contributed by atoms with Gasteiger partial charge in [-0.15, -0.1) is 11.3 Å². The van der Waals surface area contributed by atoms with Gasteiger partial charge < -0.3 is 19.7 Å². The molecule has 4 rings (SSSR count). The lowest BCUT2D eigenvalue weighted by molar-refractivity contribution is 0.0526. The molecule has 8 heteroatoms. The van der Waals surface area contributed by atoms with Gasteiger partial charge in [-0.25, -0.2) is 4.79 Å². The summed E-state index contributed by atoms with van der Waals surface area (Å²) < 4.78 is 11.5. The summed E-state index contributed by atoms with van der Waals surface area (Å²) >= 11 is 7.82. The number of amides is 1. The van der Waals surface area contributed by atoms with Crippen LogP contribution in [0.1, 0.15) is 27.0 Å². The third-order valence-electron chi connectivity index (χ3n) is 4.85. The van der Waals surface area contributed by atoms with Gasteiger partial charge >= 0.3 is 5.97 Å². The molecule has 156 valence electrons. The maximum atomic E-state index is 13.1. The zero-order valence-corrected chi connectivity index (χ0v) is 18.0. The molecule has 1 aliphatic heterocycles. The number of halogens is 1. The standard InChI is InChI=1S/C22H21ClN2O4S/c1-2-29-22(27)14-7-8-17(25-9-11-28-12-10-25)16(13-14)24-21(26)20-19(23)15-5-3-4-6-18(15)30-20/h3-8,13H,2,9-12H2,1H3,(H,24,26). The number of morpholine rings is 1. The molecule has 1 saturated heterocycles. The van der Waals surface area contributed by atoms with E-state index in [9.17, 15) is 9.59 Å². The maximum Gasteiger partial charge on any atom is 0.338 e. The number of anilines is 2. The number of rotatable bonds is 5. The van der Waals surface area contributed by atoms with Gasteiger partial charge in [0.2, 0.25) is 0 Å². The number of benzene rings is 2. The smallest absolute Gasteiger partial charge is 0.338 e. The van der Waals surface area contributed by atoms with Crippen molar-refractivity contribution in [3.8, 4) is 0 Å². The van der Waals surface area contributed by atoms with E-state index in [1.165, 1.54) is 11.3 Å². The first-order valence-corrected chi connectivity index (χ1v) is 10.9. The van der Waals surface area contributed by atoms with Gasteiger partial charge in [0.1, 0.15) is 4.88 Å². The lowest BCUT2D eigenvalue weighted by Gasteiger charge is -2.30. The monoisotopic (exact) mass is 444 g/mol. The summed E-state index contributed by atoms with van der Waals surface area (Å²) in [5.74, 6) is -0.738. The van der Waals surface area contributed by atoms with E-state index in [0.29, 0.717) is 47.5 Å². The summed E-state index contributed by atoms with van der Waals surface area (Å²) in [5.41, 5.74) is 1.75. The van der Waals surface area contributed by atoms with Gasteiger partial charge in [-0.1, -0.05) is 29.8 Å². The predicted molar refractivity (Wildman–Crippen MR) is 120 cm³/mol. The Balaban J connectivity index is 1.69. The SMILES string of the molecule is CCOC(=O)c1ccc(N2CCOCC2)c(NC(=O)c2sc3ccccc3c2Cl)c1. The summed E-state index contributed by atoms with van der Waals surface area (Å²) in [5, 5.41) is 4.24. The first kappa shape index (κ1) is 20.7. The molecule has 2 heterocycles. The van der Waals surface area contributed by atoms with Crippen molar-refractivity contribution in [2.45, 2.75) is 6.92 Å². The van der Waals surface area contributed by atoms with Gasteiger partial charge in [0.25, 0.3) is 5.91 Å². The molecule has 0 atom stereocenters. The summed E-state index contributed by atoms with van der Waals surface area (Å²) in [4.78, 5) is 27.9. The van der Waals surface area contributed by atoms with Crippen LogP contribution in [-0.4, -0.2) is 44.8 Å². The molecule has 0 bridgehead atoms. The molecule has 1 amide bonds. The molecular weight excluding hydrogens is 424 g/mol. The van der Waals surface area contributed by atoms with Crippen LogP contribution < -0.4 is 10.2 Å². The zero-order valence-electron chi connectivity index (χ0n) is 16.4. The van der Waals surface area contributed by atoms with Crippen LogP contribution in [0.5, 0.6) is 0 Å². The Labute approximate surface area is 183 Å². The van der Waals surface area contributed by atoms with E-state index >= 15 is 0 Å². The average Bonchev–Trinajstić information content (AvgIpc) is 3.11. The van der Waals surface area contributed by atoms with Gasteiger partial charge in [0.05, 0.1) is 41.8 Å². The van der Waals surface area contributed by atoms with E-state index in [0.717, 1.165) is 15.8 Å². The van der Waals surface area contributed by atoms with Crippen LogP contribution in [0.4, 0.5) is 11.4 Å². The largest absolute Gasteiger partial charge is 0.462 e. The summed E-state index contributed by atoms with van der Waals surface area (Å²) in [7, 11) is 0. The molecule has 0 unspecified atom stereocenters. The second-order valence-corrected chi connectivity index (χ2v) is 8.18. The molecule has 1 aliphatic rings. The fraction of sp³-hybridized carbons (Fsp3) is 0.273. The van der Waals surface area contributed by atoms with Gasteiger partial charge in [-0.3, -0.25) is 4.79 Å². The van der Waals surface area contributed by atoms with Crippen LogP contribution in [-0.2, 0) is 9.47 Å². The minimum Gasteiger partial charge on any atom is -0.462 e. The number of nitrogens with zero attached hydrogens (tertiary/aromatic N) is 1. The molecule has 0 aliphatic carbocycles. The van der Waals surface area contributed by atoms with Crippen molar-refractivity contribution in [1.82, 2.24) is 0 Å². The number of nitrogens with one attached hydrogen (secondary N) is 1. The second-order valence-electron chi connectivity index (χ2n) is 6.75. The fourth-order valence-electron chi connectivity index (χ4n) is 3.40. The van der Waals surface area contributed by atoms with Crippen LogP contribution in [0.25, 0.3) is 10.1 Å². The Kier molecular flexibility index (Phi) is 6.22. The molecule has 1 aromatic heterocycles. The van der Waals surface area contributed by atoms with Crippen LogP contribution in [0.2, 0.25) is 5.02 Å². The van der Waals surface area contributed by atoms with Crippen molar-refractivity contribution >= 4 is 56.3 Å². The van der Waals surface area contributed by atoms with Gasteiger partial charge in [-0.05, 0) is 31.2 Å². The topological polar surface area (TPSA) is 67.9 Å². The summed E-state index contributed by atoms with van der Waals surface area (Å²) in [6, 6.07) is 12.8. The molecule has 0 spiro atoms. The number of ether oxygens (including phenoxy) is 2. The third-order valence-corrected chi connectivity index (χ3v) is 6.52. The zero-order chi connectivity index (χ0) is 21.1. The Morgan fingerprint density at radius 2 is 1.97 bits per heavy atom. The number of carbonyl (C=O) groups excluding carboxylic acids is 2. The van der Waals surface area contributed by atoms with Gasteiger partial charge in [0, 0.05) is 23.2 Å². The molecule has 2 aromatic carbocycles. The number of carbonyl (C=O) groups is 2. The lowest BCUT2D eigenvalue weighted by atomic mass is 10.1. The van der Waals surface area contributed by atoms with E-state index in [-0.39, 0.29) is 12.5 Å². The third kappa shape index (κ3) is 4.14. The van der Waals surface area contributed by atoms with E-state index in [1.807, 2.05) is 30.3 Å². The molecule has 1 fully saturated rings. The minimum atomic E-state index is -0.429. The highest BCUT2D eigenvalue weighted by molar-refractivity contribution is 7.21. The summed E-state index contributed by atoms with van der Waals surface area (Å²) in [6.45, 7) is 4.65. The molecule has 1 N–H and O–H groups in total. The van der Waals surface area contributed by atoms with Crippen molar-refractivity contribution in [1.29, 1.82) is 0 Å². The molecule has 0 saturated carbocycles. The summed E-state index contributed by atoms with van der Waals surface area (Å²) in [6.07, 6.45) is 0. The normalized spacial score (nSPS) is 14.0. The number of thiophene rings is 1. The molecule has 30 heavy (non-hydrogen) atoms. The van der Waals surface area contributed by atoms with E-state index in [1.54, 1.807) is 19.1 Å².